The highest BCUT2D eigenvalue weighted by Gasteiger charge is 2.14. The molecule has 2 heteroatoms. The number of hydrogen-bond donors (Lipinski definition) is 2. The first-order chi connectivity index (χ1) is 14.5. The number of benzene rings is 3. The van der Waals surface area contributed by atoms with Crippen molar-refractivity contribution in [2.24, 2.45) is 0 Å². The van der Waals surface area contributed by atoms with E-state index in [9.17, 15) is 0 Å². The Kier molecular flexibility index (Phi) is 7.57. The van der Waals surface area contributed by atoms with Crippen molar-refractivity contribution in [3.05, 3.63) is 94.0 Å². The lowest BCUT2D eigenvalue weighted by molar-refractivity contribution is 0.625. The average molecular weight is 401 g/mol. The van der Waals surface area contributed by atoms with Crippen molar-refractivity contribution in [1.29, 1.82) is 0 Å². The molecule has 0 heterocycles. The number of nitrogens with one attached hydrogen (secondary N) is 2. The molecule has 0 aliphatic heterocycles. The van der Waals surface area contributed by atoms with Gasteiger partial charge in [0.25, 0.3) is 0 Å². The first kappa shape index (κ1) is 22.0. The first-order valence-corrected chi connectivity index (χ1v) is 11.1. The van der Waals surface area contributed by atoms with Gasteiger partial charge in [-0.25, -0.2) is 0 Å². The summed E-state index contributed by atoms with van der Waals surface area (Å²) in [6, 6.07) is 21.4. The summed E-state index contributed by atoms with van der Waals surface area (Å²) in [6.07, 6.45) is 2.29. The Labute approximate surface area is 182 Å². The van der Waals surface area contributed by atoms with Gasteiger partial charge in [0.15, 0.2) is 0 Å². The van der Waals surface area contributed by atoms with Crippen LogP contribution in [0.2, 0.25) is 0 Å². The second kappa shape index (κ2) is 10.3. The summed E-state index contributed by atoms with van der Waals surface area (Å²) < 4.78 is 0. The van der Waals surface area contributed by atoms with Crippen LogP contribution in [0.5, 0.6) is 0 Å². The van der Waals surface area contributed by atoms with E-state index in [0.29, 0.717) is 5.92 Å². The van der Waals surface area contributed by atoms with Crippen molar-refractivity contribution < 1.29 is 0 Å². The van der Waals surface area contributed by atoms with Crippen LogP contribution >= 0.6 is 0 Å². The second-order valence-corrected chi connectivity index (χ2v) is 8.42. The molecule has 0 amide bonds. The van der Waals surface area contributed by atoms with Crippen molar-refractivity contribution in [2.75, 3.05) is 23.7 Å². The lowest BCUT2D eigenvalue weighted by Crippen LogP contribution is -2.15. The second-order valence-electron chi connectivity index (χ2n) is 8.42. The zero-order valence-corrected chi connectivity index (χ0v) is 19.2. The molecule has 2 nitrogen and oxygen atoms in total. The highest BCUT2D eigenvalue weighted by molar-refractivity contribution is 5.64. The fraction of sp³-hybridized carbons (Fsp3) is 0.357. The van der Waals surface area contributed by atoms with E-state index in [1.165, 1.54) is 44.8 Å². The molecule has 0 fully saturated rings. The minimum absolute atomic E-state index is 0.497. The minimum atomic E-state index is 0.497. The smallest absolute Gasteiger partial charge is 0.0405 e. The molecule has 0 saturated carbocycles. The summed E-state index contributed by atoms with van der Waals surface area (Å²) in [4.78, 5) is 0. The fourth-order valence-electron chi connectivity index (χ4n) is 4.24. The molecular weight excluding hydrogens is 364 g/mol. The van der Waals surface area contributed by atoms with Gasteiger partial charge in [-0.15, -0.1) is 0 Å². The molecule has 30 heavy (non-hydrogen) atoms. The maximum Gasteiger partial charge on any atom is 0.0405 e. The Hall–Kier alpha value is -2.74. The minimum Gasteiger partial charge on any atom is -0.385 e. The van der Waals surface area contributed by atoms with Gasteiger partial charge in [0.2, 0.25) is 0 Å². The van der Waals surface area contributed by atoms with Gasteiger partial charge in [0, 0.05) is 30.4 Å². The van der Waals surface area contributed by atoms with Crippen molar-refractivity contribution in [3.63, 3.8) is 0 Å². The van der Waals surface area contributed by atoms with E-state index < -0.39 is 0 Å². The van der Waals surface area contributed by atoms with Crippen molar-refractivity contribution in [2.45, 2.75) is 53.4 Å². The average Bonchev–Trinajstić information content (AvgIpc) is 2.79. The van der Waals surface area contributed by atoms with Crippen molar-refractivity contribution in [1.82, 2.24) is 0 Å². The Morgan fingerprint density at radius 2 is 1.17 bits per heavy atom. The van der Waals surface area contributed by atoms with Crippen LogP contribution in [0.3, 0.4) is 0 Å². The van der Waals surface area contributed by atoms with Gasteiger partial charge in [-0.2, -0.15) is 0 Å². The van der Waals surface area contributed by atoms with E-state index in [2.05, 4.69) is 106 Å². The predicted molar refractivity (Wildman–Crippen MR) is 132 cm³/mol. The monoisotopic (exact) mass is 400 g/mol. The number of anilines is 2. The Morgan fingerprint density at radius 1 is 0.633 bits per heavy atom. The molecule has 2 N–H and O–H groups in total. The van der Waals surface area contributed by atoms with Crippen LogP contribution in [0.1, 0.15) is 52.1 Å². The summed E-state index contributed by atoms with van der Waals surface area (Å²) in [7, 11) is 0. The van der Waals surface area contributed by atoms with E-state index in [0.717, 1.165) is 25.9 Å². The van der Waals surface area contributed by atoms with E-state index in [1.807, 2.05) is 0 Å². The lowest BCUT2D eigenvalue weighted by atomic mass is 9.92. The summed E-state index contributed by atoms with van der Waals surface area (Å²) in [5.74, 6) is 0.497. The van der Waals surface area contributed by atoms with Crippen LogP contribution < -0.4 is 10.6 Å². The van der Waals surface area contributed by atoms with E-state index in [1.54, 1.807) is 0 Å². The topological polar surface area (TPSA) is 24.1 Å². The number of para-hydroxylation sites is 1. The van der Waals surface area contributed by atoms with Gasteiger partial charge >= 0.3 is 0 Å². The Morgan fingerprint density at radius 3 is 1.77 bits per heavy atom. The largest absolute Gasteiger partial charge is 0.385 e. The number of hydrogen-bond acceptors (Lipinski definition) is 2. The lowest BCUT2D eigenvalue weighted by Gasteiger charge is -2.22. The van der Waals surface area contributed by atoms with Gasteiger partial charge in [0.05, 0.1) is 0 Å². The molecule has 1 unspecified atom stereocenters. The quantitative estimate of drug-likeness (QED) is 0.368. The Bertz CT molecular complexity index is 916. The molecule has 1 atom stereocenters. The zero-order valence-electron chi connectivity index (χ0n) is 19.2. The molecule has 0 radical (unpaired) electrons. The molecule has 0 bridgehead atoms. The van der Waals surface area contributed by atoms with E-state index >= 15 is 0 Å². The van der Waals surface area contributed by atoms with Crippen molar-refractivity contribution >= 4 is 11.4 Å². The molecular formula is C28H36N2. The highest BCUT2D eigenvalue weighted by Crippen LogP contribution is 2.30. The van der Waals surface area contributed by atoms with Crippen LogP contribution in [0.25, 0.3) is 0 Å². The zero-order chi connectivity index (χ0) is 21.5. The van der Waals surface area contributed by atoms with Gasteiger partial charge in [0.1, 0.15) is 0 Å². The molecule has 0 aliphatic carbocycles. The van der Waals surface area contributed by atoms with Crippen molar-refractivity contribution in [3.8, 4) is 0 Å². The third-order valence-corrected chi connectivity index (χ3v) is 6.63. The summed E-state index contributed by atoms with van der Waals surface area (Å²) in [5.41, 5.74) is 11.0. The number of rotatable bonds is 9. The third-order valence-electron chi connectivity index (χ3n) is 6.63. The van der Waals surface area contributed by atoms with Gasteiger partial charge in [-0.1, -0.05) is 48.5 Å². The van der Waals surface area contributed by atoms with Gasteiger partial charge in [-0.3, -0.25) is 0 Å². The maximum absolute atomic E-state index is 3.75. The van der Waals surface area contributed by atoms with Gasteiger partial charge < -0.3 is 10.6 Å². The molecule has 0 spiro atoms. The third kappa shape index (κ3) is 5.24. The van der Waals surface area contributed by atoms with Crippen LogP contribution in [-0.2, 0) is 0 Å². The SMILES string of the molecule is Cc1c(C)c(C)c(NCCCC(CNc2ccccc2)c2ccccc2)c(C)c1C. The van der Waals surface area contributed by atoms with Crippen LogP contribution in [0.4, 0.5) is 11.4 Å². The first-order valence-electron chi connectivity index (χ1n) is 11.1. The van der Waals surface area contributed by atoms with Crippen LogP contribution in [-0.4, -0.2) is 13.1 Å². The molecule has 3 aromatic rings. The van der Waals surface area contributed by atoms with Crippen LogP contribution in [0, 0.1) is 34.6 Å². The summed E-state index contributed by atoms with van der Waals surface area (Å²) >= 11 is 0. The maximum atomic E-state index is 3.75. The Balaban J connectivity index is 1.62. The van der Waals surface area contributed by atoms with Gasteiger partial charge in [-0.05, 0) is 93.0 Å². The standard InChI is InChI=1S/C28H36N2/c1-20-21(2)23(4)28(24(5)22(20)3)29-18-12-15-26(25-13-8-6-9-14-25)19-30-27-16-10-7-11-17-27/h6-11,13-14,16-17,26,29-30H,12,15,18-19H2,1-5H3. The molecule has 158 valence electrons. The van der Waals surface area contributed by atoms with E-state index in [4.69, 9.17) is 0 Å². The fourth-order valence-corrected chi connectivity index (χ4v) is 4.24. The highest BCUT2D eigenvalue weighted by atomic mass is 14.9. The molecule has 0 aliphatic rings. The van der Waals surface area contributed by atoms with E-state index in [-0.39, 0.29) is 0 Å². The molecule has 3 aromatic carbocycles. The molecule has 0 aromatic heterocycles. The summed E-state index contributed by atoms with van der Waals surface area (Å²) in [5, 5.41) is 7.37. The van der Waals surface area contributed by atoms with Crippen LogP contribution in [0.15, 0.2) is 60.7 Å². The predicted octanol–water partition coefficient (Wildman–Crippen LogP) is 7.32. The molecule has 3 rings (SSSR count). The normalized spacial score (nSPS) is 11.9. The summed E-state index contributed by atoms with van der Waals surface area (Å²) in [6.45, 7) is 13.2. The molecule has 0 saturated heterocycles.